The Morgan fingerprint density at radius 2 is 1.89 bits per heavy atom. The van der Waals surface area contributed by atoms with Crippen molar-refractivity contribution in [2.24, 2.45) is 0 Å². The molecule has 2 aromatic carbocycles. The number of amides is 1. The van der Waals surface area contributed by atoms with Gasteiger partial charge < -0.3 is 5.32 Å². The van der Waals surface area contributed by atoms with E-state index in [4.69, 9.17) is 17.3 Å². The third-order valence-corrected chi connectivity index (χ3v) is 5.49. The summed E-state index contributed by atoms with van der Waals surface area (Å²) in [4.78, 5) is 12.7. The number of rotatable bonds is 4. The molecule has 0 atom stereocenters. The topological polar surface area (TPSA) is 46.9 Å². The van der Waals surface area contributed by atoms with Gasteiger partial charge in [0.2, 0.25) is 0 Å². The van der Waals surface area contributed by atoms with E-state index < -0.39 is 0 Å². The van der Waals surface area contributed by atoms with Crippen molar-refractivity contribution >= 4 is 40.3 Å². The van der Waals surface area contributed by atoms with Gasteiger partial charge in [-0.05, 0) is 30.2 Å². The number of benzene rings is 2. The van der Waals surface area contributed by atoms with Gasteiger partial charge in [-0.2, -0.15) is 5.10 Å². The Hall–Kier alpha value is -2.70. The zero-order chi connectivity index (χ0) is 18.8. The molecule has 1 aliphatic rings. The molecular formula is C21H17N3OS2. The molecule has 1 saturated heterocycles. The molecule has 0 spiro atoms. The first-order valence-corrected chi connectivity index (χ1v) is 9.86. The number of nitrogens with one attached hydrogen (secondary N) is 1. The molecule has 0 radical (unpaired) electrons. The molecule has 0 bridgehead atoms. The third kappa shape index (κ3) is 3.72. The summed E-state index contributed by atoms with van der Waals surface area (Å²) in [6.45, 7) is 2.13. The molecule has 4 nitrogen and oxygen atoms in total. The molecular weight excluding hydrogens is 374 g/mol. The fourth-order valence-corrected chi connectivity index (χ4v) is 3.93. The molecule has 1 aromatic heterocycles. The Labute approximate surface area is 167 Å². The van der Waals surface area contributed by atoms with Crippen molar-refractivity contribution in [3.8, 4) is 16.9 Å². The summed E-state index contributed by atoms with van der Waals surface area (Å²) < 4.78 is 2.32. The Kier molecular flexibility index (Phi) is 4.92. The minimum Gasteiger partial charge on any atom is -0.307 e. The Balaban J connectivity index is 1.82. The van der Waals surface area contributed by atoms with Crippen molar-refractivity contribution in [1.82, 2.24) is 15.1 Å². The van der Waals surface area contributed by atoms with E-state index in [9.17, 15) is 4.79 Å². The first-order valence-electron chi connectivity index (χ1n) is 8.63. The maximum Gasteiger partial charge on any atom is 0.263 e. The van der Waals surface area contributed by atoms with Gasteiger partial charge in [-0.25, -0.2) is 4.68 Å². The van der Waals surface area contributed by atoms with Crippen molar-refractivity contribution in [2.45, 2.75) is 13.3 Å². The van der Waals surface area contributed by atoms with Gasteiger partial charge in [0.25, 0.3) is 5.91 Å². The van der Waals surface area contributed by atoms with Gasteiger partial charge in [0.05, 0.1) is 16.3 Å². The Morgan fingerprint density at radius 1 is 1.15 bits per heavy atom. The second-order valence-corrected chi connectivity index (χ2v) is 7.83. The van der Waals surface area contributed by atoms with Gasteiger partial charge in [0.15, 0.2) is 0 Å². The number of carbonyl (C=O) groups is 1. The first kappa shape index (κ1) is 17.7. The predicted octanol–water partition coefficient (Wildman–Crippen LogP) is 4.59. The van der Waals surface area contributed by atoms with Crippen LogP contribution < -0.4 is 5.32 Å². The molecule has 1 fully saturated rings. The normalized spacial score (nSPS) is 15.4. The number of aryl methyl sites for hydroxylation is 1. The standard InChI is InChI=1S/C21H17N3OS2/c1-2-14-8-10-15(11-9-14)19-16(12-18-20(25)22-21(26)27-18)13-24(23-19)17-6-4-3-5-7-17/h3-13H,2H2,1H3,(H,22,25,26)/b18-12-. The van der Waals surface area contributed by atoms with Gasteiger partial charge >= 0.3 is 0 Å². The van der Waals surface area contributed by atoms with Crippen LogP contribution in [0.4, 0.5) is 0 Å². The molecule has 0 aliphatic carbocycles. The molecule has 0 saturated carbocycles. The highest BCUT2D eigenvalue weighted by Gasteiger charge is 2.23. The highest BCUT2D eigenvalue weighted by atomic mass is 32.2. The molecule has 1 N–H and O–H groups in total. The second-order valence-electron chi connectivity index (χ2n) is 6.12. The average molecular weight is 392 g/mol. The minimum absolute atomic E-state index is 0.162. The lowest BCUT2D eigenvalue weighted by atomic mass is 10.0. The highest BCUT2D eigenvalue weighted by molar-refractivity contribution is 8.26. The number of nitrogens with zero attached hydrogens (tertiary/aromatic N) is 2. The summed E-state index contributed by atoms with van der Waals surface area (Å²) in [5.41, 5.74) is 4.97. The molecule has 134 valence electrons. The van der Waals surface area contributed by atoms with E-state index in [1.807, 2.05) is 47.3 Å². The van der Waals surface area contributed by atoms with E-state index >= 15 is 0 Å². The number of thioether (sulfide) groups is 1. The molecule has 3 aromatic rings. The quantitative estimate of drug-likeness (QED) is 0.522. The molecule has 0 unspecified atom stereocenters. The summed E-state index contributed by atoms with van der Waals surface area (Å²) in [6.07, 6.45) is 4.79. The fourth-order valence-electron chi connectivity index (χ4n) is 2.89. The average Bonchev–Trinajstić information content (AvgIpc) is 3.25. The zero-order valence-electron chi connectivity index (χ0n) is 14.7. The van der Waals surface area contributed by atoms with Crippen LogP contribution in [0.5, 0.6) is 0 Å². The lowest BCUT2D eigenvalue weighted by Gasteiger charge is -2.02. The first-order chi connectivity index (χ1) is 13.1. The summed E-state index contributed by atoms with van der Waals surface area (Å²) in [5, 5.41) is 7.45. The molecule has 1 aliphatic heterocycles. The maximum absolute atomic E-state index is 12.1. The lowest BCUT2D eigenvalue weighted by molar-refractivity contribution is -0.115. The van der Waals surface area contributed by atoms with Gasteiger partial charge in [0, 0.05) is 17.3 Å². The summed E-state index contributed by atoms with van der Waals surface area (Å²) in [5.74, 6) is -0.162. The summed E-state index contributed by atoms with van der Waals surface area (Å²) in [7, 11) is 0. The number of aromatic nitrogens is 2. The largest absolute Gasteiger partial charge is 0.307 e. The van der Waals surface area contributed by atoms with E-state index in [0.717, 1.165) is 28.9 Å². The number of para-hydroxylation sites is 1. The van der Waals surface area contributed by atoms with Crippen molar-refractivity contribution in [3.63, 3.8) is 0 Å². The van der Waals surface area contributed by atoms with Gasteiger partial charge in [-0.15, -0.1) is 0 Å². The van der Waals surface area contributed by atoms with Crippen LogP contribution in [0.2, 0.25) is 0 Å². The van der Waals surface area contributed by atoms with Crippen LogP contribution in [0.1, 0.15) is 18.1 Å². The molecule has 1 amide bonds. The smallest absolute Gasteiger partial charge is 0.263 e. The molecule has 6 heteroatoms. The summed E-state index contributed by atoms with van der Waals surface area (Å²) in [6, 6.07) is 18.3. The predicted molar refractivity (Wildman–Crippen MR) is 115 cm³/mol. The number of carbonyl (C=O) groups excluding carboxylic acids is 1. The van der Waals surface area contributed by atoms with Crippen molar-refractivity contribution < 1.29 is 4.79 Å². The zero-order valence-corrected chi connectivity index (χ0v) is 16.3. The van der Waals surface area contributed by atoms with Crippen LogP contribution in [0.15, 0.2) is 65.7 Å². The number of hydrogen-bond acceptors (Lipinski definition) is 4. The second kappa shape index (κ2) is 7.50. The SMILES string of the molecule is CCc1ccc(-c2nn(-c3ccccc3)cc2/C=C2\SC(=S)NC2=O)cc1. The van der Waals surface area contributed by atoms with E-state index in [2.05, 4.69) is 36.5 Å². The van der Waals surface area contributed by atoms with E-state index in [1.54, 1.807) is 0 Å². The maximum atomic E-state index is 12.1. The lowest BCUT2D eigenvalue weighted by Crippen LogP contribution is -2.17. The number of hydrogen-bond donors (Lipinski definition) is 1. The molecule has 27 heavy (non-hydrogen) atoms. The van der Waals surface area contributed by atoms with Crippen LogP contribution in [0, 0.1) is 0 Å². The monoisotopic (exact) mass is 391 g/mol. The van der Waals surface area contributed by atoms with Gasteiger partial charge in [-0.1, -0.05) is 73.4 Å². The van der Waals surface area contributed by atoms with Crippen molar-refractivity contribution in [3.05, 3.63) is 76.8 Å². The Bertz CT molecular complexity index is 1040. The minimum atomic E-state index is -0.162. The number of thiocarbonyl (C=S) groups is 1. The van der Waals surface area contributed by atoms with Crippen LogP contribution >= 0.6 is 24.0 Å². The highest BCUT2D eigenvalue weighted by Crippen LogP contribution is 2.31. The van der Waals surface area contributed by atoms with Gasteiger partial charge in [-0.3, -0.25) is 4.79 Å². The fraction of sp³-hybridized carbons (Fsp3) is 0.0952. The Morgan fingerprint density at radius 3 is 2.52 bits per heavy atom. The van der Waals surface area contributed by atoms with Crippen LogP contribution in [0.25, 0.3) is 23.0 Å². The van der Waals surface area contributed by atoms with Crippen LogP contribution in [-0.4, -0.2) is 20.0 Å². The van der Waals surface area contributed by atoms with E-state index in [0.29, 0.717) is 9.23 Å². The van der Waals surface area contributed by atoms with Gasteiger partial charge in [0.1, 0.15) is 4.32 Å². The molecule has 2 heterocycles. The summed E-state index contributed by atoms with van der Waals surface area (Å²) >= 11 is 6.37. The van der Waals surface area contributed by atoms with E-state index in [1.165, 1.54) is 17.3 Å². The molecule has 4 rings (SSSR count). The van der Waals surface area contributed by atoms with Crippen LogP contribution in [0.3, 0.4) is 0 Å². The van der Waals surface area contributed by atoms with Crippen molar-refractivity contribution in [1.29, 1.82) is 0 Å². The third-order valence-electron chi connectivity index (χ3n) is 4.33. The van der Waals surface area contributed by atoms with Crippen LogP contribution in [-0.2, 0) is 11.2 Å². The van der Waals surface area contributed by atoms with E-state index in [-0.39, 0.29) is 5.91 Å². The van der Waals surface area contributed by atoms with Crippen molar-refractivity contribution in [2.75, 3.05) is 0 Å².